The Kier molecular flexibility index (Phi) is 6.24. The van der Waals surface area contributed by atoms with Crippen molar-refractivity contribution in [3.8, 4) is 11.8 Å². The topological polar surface area (TPSA) is 62.1 Å². The van der Waals surface area contributed by atoms with Gasteiger partial charge >= 0.3 is 0 Å². The molecule has 0 heterocycles. The number of halogens is 2. The molecule has 128 valence electrons. The van der Waals surface area contributed by atoms with Gasteiger partial charge in [0.15, 0.2) is 0 Å². The third-order valence-electron chi connectivity index (χ3n) is 3.67. The molecule has 0 radical (unpaired) electrons. The first kappa shape index (κ1) is 19.0. The van der Waals surface area contributed by atoms with Crippen LogP contribution >= 0.6 is 27.5 Å². The largest absolute Gasteiger partial charge is 0.495 e. The fourth-order valence-corrected chi connectivity index (χ4v) is 3.22. The van der Waals surface area contributed by atoms with E-state index in [1.165, 1.54) is 13.2 Å². The third-order valence-corrected chi connectivity index (χ3v) is 4.48. The van der Waals surface area contributed by atoms with Gasteiger partial charge in [-0.15, -0.1) is 0 Å². The van der Waals surface area contributed by atoms with Crippen LogP contribution in [0.25, 0.3) is 6.08 Å². The summed E-state index contributed by atoms with van der Waals surface area (Å²) in [5.41, 5.74) is 3.30. The van der Waals surface area contributed by atoms with Crippen molar-refractivity contribution in [3.05, 3.63) is 62.1 Å². The molecule has 0 aromatic heterocycles. The molecule has 0 atom stereocenters. The van der Waals surface area contributed by atoms with Crippen LogP contribution < -0.4 is 10.1 Å². The van der Waals surface area contributed by atoms with Gasteiger partial charge in [0.05, 0.1) is 11.6 Å². The van der Waals surface area contributed by atoms with Crippen molar-refractivity contribution < 1.29 is 9.53 Å². The van der Waals surface area contributed by atoms with Gasteiger partial charge in [0.1, 0.15) is 17.4 Å². The number of carbonyl (C=O) groups is 1. The van der Waals surface area contributed by atoms with E-state index in [9.17, 15) is 10.1 Å². The highest BCUT2D eigenvalue weighted by molar-refractivity contribution is 9.10. The number of nitrogens with one attached hydrogen (secondary N) is 1. The summed E-state index contributed by atoms with van der Waals surface area (Å²) >= 11 is 9.40. The summed E-state index contributed by atoms with van der Waals surface area (Å²) in [7, 11) is 1.51. The van der Waals surface area contributed by atoms with Gasteiger partial charge in [-0.3, -0.25) is 4.79 Å². The average Bonchev–Trinajstić information content (AvgIpc) is 2.55. The number of ether oxygens (including phenoxy) is 1. The van der Waals surface area contributed by atoms with Gasteiger partial charge in [-0.2, -0.15) is 5.26 Å². The van der Waals surface area contributed by atoms with E-state index in [2.05, 4.69) is 21.2 Å². The summed E-state index contributed by atoms with van der Waals surface area (Å²) in [6, 6.07) is 10.8. The van der Waals surface area contributed by atoms with Crippen LogP contribution in [0.4, 0.5) is 5.69 Å². The SMILES string of the molecule is COc1c(Br)cc(Cl)cc1/C=C(\C#N)C(=O)Nc1ccc(C)c(C)c1. The number of amides is 1. The second-order valence-corrected chi connectivity index (χ2v) is 6.72. The van der Waals surface area contributed by atoms with Crippen molar-refractivity contribution in [1.29, 1.82) is 5.26 Å². The van der Waals surface area contributed by atoms with Gasteiger partial charge in [0.25, 0.3) is 5.91 Å². The molecule has 1 amide bonds. The molecule has 2 rings (SSSR count). The van der Waals surface area contributed by atoms with Gasteiger partial charge in [-0.05, 0) is 71.2 Å². The van der Waals surface area contributed by atoms with E-state index in [4.69, 9.17) is 16.3 Å². The van der Waals surface area contributed by atoms with Crippen LogP contribution in [0.5, 0.6) is 5.75 Å². The summed E-state index contributed by atoms with van der Waals surface area (Å²) in [6.45, 7) is 3.95. The van der Waals surface area contributed by atoms with Gasteiger partial charge in [-0.25, -0.2) is 0 Å². The molecule has 4 nitrogen and oxygen atoms in total. The summed E-state index contributed by atoms with van der Waals surface area (Å²) in [5, 5.41) is 12.6. The Balaban J connectivity index is 2.36. The van der Waals surface area contributed by atoms with E-state index in [0.717, 1.165) is 11.1 Å². The summed E-state index contributed by atoms with van der Waals surface area (Å²) in [4.78, 5) is 12.4. The molecule has 2 aromatic rings. The lowest BCUT2D eigenvalue weighted by Crippen LogP contribution is -2.13. The Bertz CT molecular complexity index is 901. The highest BCUT2D eigenvalue weighted by Crippen LogP contribution is 2.34. The highest BCUT2D eigenvalue weighted by Gasteiger charge is 2.14. The first-order chi connectivity index (χ1) is 11.8. The number of nitriles is 1. The number of hydrogen-bond acceptors (Lipinski definition) is 3. The molecule has 25 heavy (non-hydrogen) atoms. The van der Waals surface area contributed by atoms with Gasteiger partial charge in [-0.1, -0.05) is 17.7 Å². The van der Waals surface area contributed by atoms with Crippen LogP contribution in [0.3, 0.4) is 0 Å². The normalized spacial score (nSPS) is 11.0. The standard InChI is InChI=1S/C19H16BrClN2O2/c1-11-4-5-16(6-12(11)2)23-19(24)14(10-22)7-13-8-15(21)9-17(20)18(13)25-3/h4-9H,1-3H3,(H,23,24)/b14-7+. The van der Waals surface area contributed by atoms with Crippen LogP contribution in [0.15, 0.2) is 40.4 Å². The Morgan fingerprint density at radius 1 is 1.28 bits per heavy atom. The second kappa shape index (κ2) is 8.19. The number of benzene rings is 2. The first-order valence-electron chi connectivity index (χ1n) is 7.39. The quantitative estimate of drug-likeness (QED) is 0.542. The number of anilines is 1. The molecule has 0 aliphatic heterocycles. The first-order valence-corrected chi connectivity index (χ1v) is 8.56. The average molecular weight is 420 g/mol. The molecule has 6 heteroatoms. The lowest BCUT2D eigenvalue weighted by Gasteiger charge is -2.10. The predicted octanol–water partition coefficient (Wildman–Crippen LogP) is 5.27. The van der Waals surface area contributed by atoms with Crippen molar-refractivity contribution in [2.45, 2.75) is 13.8 Å². The summed E-state index contributed by atoms with van der Waals surface area (Å²) < 4.78 is 5.95. The van der Waals surface area contributed by atoms with Crippen molar-refractivity contribution in [2.75, 3.05) is 12.4 Å². The van der Waals surface area contributed by atoms with Crippen LogP contribution in [-0.2, 0) is 4.79 Å². The summed E-state index contributed by atoms with van der Waals surface area (Å²) in [5.74, 6) is 0.0000319. The molecule has 0 spiro atoms. The molecule has 0 aliphatic carbocycles. The van der Waals surface area contributed by atoms with Crippen LogP contribution in [0.1, 0.15) is 16.7 Å². The van der Waals surface area contributed by atoms with Crippen LogP contribution in [-0.4, -0.2) is 13.0 Å². The third kappa shape index (κ3) is 4.62. The van der Waals surface area contributed by atoms with E-state index < -0.39 is 5.91 Å². The van der Waals surface area contributed by atoms with E-state index >= 15 is 0 Å². The maximum Gasteiger partial charge on any atom is 0.266 e. The molecule has 2 aromatic carbocycles. The van der Waals surface area contributed by atoms with Crippen molar-refractivity contribution >= 4 is 45.2 Å². The van der Waals surface area contributed by atoms with Crippen LogP contribution in [0, 0.1) is 25.2 Å². The number of nitrogens with zero attached hydrogens (tertiary/aromatic N) is 1. The summed E-state index contributed by atoms with van der Waals surface area (Å²) in [6.07, 6.45) is 1.45. The maximum absolute atomic E-state index is 12.4. The molecule has 0 bridgehead atoms. The van der Waals surface area contributed by atoms with Gasteiger partial charge in [0.2, 0.25) is 0 Å². The van der Waals surface area contributed by atoms with E-state index in [1.54, 1.807) is 18.2 Å². The Hall–Kier alpha value is -2.29. The smallest absolute Gasteiger partial charge is 0.266 e. The minimum absolute atomic E-state index is 0.0503. The lowest BCUT2D eigenvalue weighted by atomic mass is 10.1. The Morgan fingerprint density at radius 3 is 2.60 bits per heavy atom. The number of aryl methyl sites for hydroxylation is 2. The zero-order chi connectivity index (χ0) is 18.6. The molecule has 1 N–H and O–H groups in total. The molecule has 0 saturated heterocycles. The van der Waals surface area contributed by atoms with Gasteiger partial charge < -0.3 is 10.1 Å². The number of rotatable bonds is 4. The van der Waals surface area contributed by atoms with Crippen LogP contribution in [0.2, 0.25) is 5.02 Å². The fourth-order valence-electron chi connectivity index (χ4n) is 2.22. The number of hydrogen-bond donors (Lipinski definition) is 1. The zero-order valence-corrected chi connectivity index (χ0v) is 16.3. The fraction of sp³-hybridized carbons (Fsp3) is 0.158. The van der Waals surface area contributed by atoms with Crippen molar-refractivity contribution in [3.63, 3.8) is 0 Å². The molecule has 0 fully saturated rings. The minimum Gasteiger partial charge on any atom is -0.495 e. The van der Waals surface area contributed by atoms with Crippen molar-refractivity contribution in [1.82, 2.24) is 0 Å². The molecule has 0 saturated carbocycles. The van der Waals surface area contributed by atoms with Crippen molar-refractivity contribution in [2.24, 2.45) is 0 Å². The molecule has 0 aliphatic rings. The Labute approximate surface area is 160 Å². The highest BCUT2D eigenvalue weighted by atomic mass is 79.9. The van der Waals surface area contributed by atoms with E-state index in [-0.39, 0.29) is 5.57 Å². The minimum atomic E-state index is -0.496. The number of carbonyl (C=O) groups excluding carboxylic acids is 1. The maximum atomic E-state index is 12.4. The zero-order valence-electron chi connectivity index (χ0n) is 14.0. The molecular weight excluding hydrogens is 404 g/mol. The molecule has 0 unspecified atom stereocenters. The number of methoxy groups -OCH3 is 1. The van der Waals surface area contributed by atoms with E-state index in [0.29, 0.717) is 26.5 Å². The van der Waals surface area contributed by atoms with E-state index in [1.807, 2.05) is 32.0 Å². The Morgan fingerprint density at radius 2 is 2.00 bits per heavy atom. The lowest BCUT2D eigenvalue weighted by molar-refractivity contribution is -0.112. The van der Waals surface area contributed by atoms with Gasteiger partial charge in [0, 0.05) is 16.3 Å². The second-order valence-electron chi connectivity index (χ2n) is 5.43. The molecular formula is C19H16BrClN2O2. The predicted molar refractivity (Wildman–Crippen MR) is 104 cm³/mol. The monoisotopic (exact) mass is 418 g/mol.